The van der Waals surface area contributed by atoms with Crippen molar-refractivity contribution in [3.63, 3.8) is 0 Å². The highest BCUT2D eigenvalue weighted by atomic mass is 16.4. The second-order valence-electron chi connectivity index (χ2n) is 3.83. The van der Waals surface area contributed by atoms with E-state index < -0.39 is 0 Å². The van der Waals surface area contributed by atoms with Gasteiger partial charge in [-0.25, -0.2) is 0 Å². The molecule has 0 aromatic rings. The van der Waals surface area contributed by atoms with Crippen molar-refractivity contribution in [2.24, 2.45) is 17.0 Å². The summed E-state index contributed by atoms with van der Waals surface area (Å²) in [5.41, 5.74) is 0.661. The number of aliphatic hydroxyl groups excluding tert-OH is 1. The van der Waals surface area contributed by atoms with E-state index >= 15 is 0 Å². The van der Waals surface area contributed by atoms with Gasteiger partial charge in [-0.3, -0.25) is 0 Å². The second-order valence-corrected chi connectivity index (χ2v) is 3.83. The van der Waals surface area contributed by atoms with Crippen molar-refractivity contribution in [1.29, 1.82) is 0 Å². The van der Waals surface area contributed by atoms with Crippen molar-refractivity contribution < 1.29 is 10.3 Å². The number of hydrogen-bond acceptors (Lipinski definition) is 3. The number of oxime groups is 1. The van der Waals surface area contributed by atoms with E-state index in [-0.39, 0.29) is 12.0 Å². The molecule has 3 atom stereocenters. The quantitative estimate of drug-likeness (QED) is 0.358. The van der Waals surface area contributed by atoms with Crippen LogP contribution in [0.15, 0.2) is 5.16 Å². The van der Waals surface area contributed by atoms with Crippen molar-refractivity contribution in [3.05, 3.63) is 0 Å². The molecule has 0 aromatic heterocycles. The van der Waals surface area contributed by atoms with Gasteiger partial charge in [0.2, 0.25) is 0 Å². The minimum atomic E-state index is -0.315. The SMILES string of the molecule is C/C(=N\O)[C@H]1CC[C@@H](C)C[C@H]1O. The maximum atomic E-state index is 9.65. The molecule has 0 unspecified atom stereocenters. The molecule has 3 heteroatoms. The largest absolute Gasteiger partial charge is 0.411 e. The fourth-order valence-corrected chi connectivity index (χ4v) is 1.91. The van der Waals surface area contributed by atoms with Crippen LogP contribution in [0.4, 0.5) is 0 Å². The van der Waals surface area contributed by atoms with Gasteiger partial charge in [-0.2, -0.15) is 0 Å². The van der Waals surface area contributed by atoms with Crippen LogP contribution in [0.2, 0.25) is 0 Å². The average Bonchev–Trinajstić information content (AvgIpc) is 2.03. The first-order chi connectivity index (χ1) is 5.65. The van der Waals surface area contributed by atoms with Crippen molar-refractivity contribution in [3.8, 4) is 0 Å². The van der Waals surface area contributed by atoms with E-state index in [1.165, 1.54) is 0 Å². The monoisotopic (exact) mass is 171 g/mol. The third kappa shape index (κ3) is 1.97. The zero-order valence-corrected chi connectivity index (χ0v) is 7.70. The molecule has 0 aromatic carbocycles. The summed E-state index contributed by atoms with van der Waals surface area (Å²) in [5, 5.41) is 21.3. The number of aliphatic hydroxyl groups is 1. The second kappa shape index (κ2) is 3.90. The van der Waals surface area contributed by atoms with Gasteiger partial charge in [0.1, 0.15) is 0 Å². The van der Waals surface area contributed by atoms with E-state index in [1.54, 1.807) is 6.92 Å². The molecule has 1 fully saturated rings. The third-order valence-electron chi connectivity index (χ3n) is 2.77. The van der Waals surface area contributed by atoms with Gasteiger partial charge in [0.05, 0.1) is 11.8 Å². The molecule has 1 aliphatic carbocycles. The predicted molar refractivity (Wildman–Crippen MR) is 47.4 cm³/mol. The van der Waals surface area contributed by atoms with Crippen LogP contribution in [0, 0.1) is 11.8 Å². The fraction of sp³-hybridized carbons (Fsp3) is 0.889. The van der Waals surface area contributed by atoms with E-state index in [0.717, 1.165) is 19.3 Å². The van der Waals surface area contributed by atoms with E-state index in [1.807, 2.05) is 0 Å². The van der Waals surface area contributed by atoms with Gasteiger partial charge in [-0.05, 0) is 32.1 Å². The predicted octanol–water partition coefficient (Wildman–Crippen LogP) is 1.63. The van der Waals surface area contributed by atoms with Crippen molar-refractivity contribution in [2.45, 2.75) is 39.2 Å². The molecular weight excluding hydrogens is 154 g/mol. The molecule has 70 valence electrons. The standard InChI is InChI=1S/C9H17NO2/c1-6-3-4-8(7(2)10-12)9(11)5-6/h6,8-9,11-12H,3-5H2,1-2H3/b10-7+/t6-,8-,9-/m1/s1. The Balaban J connectivity index is 2.56. The van der Waals surface area contributed by atoms with Crippen LogP contribution in [-0.4, -0.2) is 22.1 Å². The van der Waals surface area contributed by atoms with Crippen LogP contribution in [0.25, 0.3) is 0 Å². The fourth-order valence-electron chi connectivity index (χ4n) is 1.91. The van der Waals surface area contributed by atoms with E-state index in [0.29, 0.717) is 11.6 Å². The average molecular weight is 171 g/mol. The summed E-state index contributed by atoms with van der Waals surface area (Å²) in [6.07, 6.45) is 2.58. The van der Waals surface area contributed by atoms with Crippen LogP contribution >= 0.6 is 0 Å². The Bertz CT molecular complexity index is 179. The van der Waals surface area contributed by atoms with E-state index in [4.69, 9.17) is 5.21 Å². The van der Waals surface area contributed by atoms with Crippen LogP contribution in [0.3, 0.4) is 0 Å². The van der Waals surface area contributed by atoms with Crippen LogP contribution in [0.5, 0.6) is 0 Å². The lowest BCUT2D eigenvalue weighted by Gasteiger charge is -2.30. The van der Waals surface area contributed by atoms with Gasteiger partial charge in [-0.1, -0.05) is 12.1 Å². The normalized spacial score (nSPS) is 38.2. The van der Waals surface area contributed by atoms with Gasteiger partial charge in [0, 0.05) is 5.92 Å². The Hall–Kier alpha value is -0.570. The molecule has 1 rings (SSSR count). The summed E-state index contributed by atoms with van der Waals surface area (Å²) < 4.78 is 0. The first-order valence-electron chi connectivity index (χ1n) is 4.51. The van der Waals surface area contributed by atoms with Gasteiger partial charge < -0.3 is 10.3 Å². The maximum Gasteiger partial charge on any atom is 0.0624 e. The zero-order chi connectivity index (χ0) is 9.14. The molecule has 0 aliphatic heterocycles. The number of rotatable bonds is 1. The lowest BCUT2D eigenvalue weighted by molar-refractivity contribution is 0.0767. The molecule has 3 nitrogen and oxygen atoms in total. The highest BCUT2D eigenvalue weighted by Gasteiger charge is 2.28. The molecule has 0 amide bonds. The molecule has 1 aliphatic rings. The zero-order valence-electron chi connectivity index (χ0n) is 7.70. The van der Waals surface area contributed by atoms with Crippen molar-refractivity contribution in [1.82, 2.24) is 0 Å². The minimum absolute atomic E-state index is 0.0752. The van der Waals surface area contributed by atoms with Gasteiger partial charge in [0.25, 0.3) is 0 Å². The number of hydrogen-bond donors (Lipinski definition) is 2. The maximum absolute atomic E-state index is 9.65. The summed E-state index contributed by atoms with van der Waals surface area (Å²) in [4.78, 5) is 0. The van der Waals surface area contributed by atoms with E-state index in [2.05, 4.69) is 12.1 Å². The first kappa shape index (κ1) is 9.52. The van der Waals surface area contributed by atoms with Crippen LogP contribution in [-0.2, 0) is 0 Å². The Labute approximate surface area is 73.1 Å². The molecule has 12 heavy (non-hydrogen) atoms. The molecule has 1 saturated carbocycles. The minimum Gasteiger partial charge on any atom is -0.411 e. The third-order valence-corrected chi connectivity index (χ3v) is 2.77. The Morgan fingerprint density at radius 2 is 2.08 bits per heavy atom. The van der Waals surface area contributed by atoms with Crippen LogP contribution < -0.4 is 0 Å². The lowest BCUT2D eigenvalue weighted by Crippen LogP contribution is -2.32. The summed E-state index contributed by atoms with van der Waals surface area (Å²) in [6, 6.07) is 0. The highest BCUT2D eigenvalue weighted by Crippen LogP contribution is 2.29. The first-order valence-corrected chi connectivity index (χ1v) is 4.51. The summed E-state index contributed by atoms with van der Waals surface area (Å²) >= 11 is 0. The number of nitrogens with zero attached hydrogens (tertiary/aromatic N) is 1. The summed E-state index contributed by atoms with van der Waals surface area (Å²) in [7, 11) is 0. The lowest BCUT2D eigenvalue weighted by atomic mass is 9.79. The smallest absolute Gasteiger partial charge is 0.0624 e. The highest BCUT2D eigenvalue weighted by molar-refractivity contribution is 5.84. The summed E-state index contributed by atoms with van der Waals surface area (Å²) in [5.74, 6) is 0.675. The topological polar surface area (TPSA) is 52.8 Å². The Morgan fingerprint density at radius 3 is 2.58 bits per heavy atom. The van der Waals surface area contributed by atoms with Gasteiger partial charge in [-0.15, -0.1) is 0 Å². The van der Waals surface area contributed by atoms with Gasteiger partial charge >= 0.3 is 0 Å². The molecule has 0 bridgehead atoms. The van der Waals surface area contributed by atoms with Crippen molar-refractivity contribution >= 4 is 5.71 Å². The molecular formula is C9H17NO2. The Kier molecular flexibility index (Phi) is 3.09. The van der Waals surface area contributed by atoms with Crippen molar-refractivity contribution in [2.75, 3.05) is 0 Å². The molecule has 0 radical (unpaired) electrons. The molecule has 0 saturated heterocycles. The summed E-state index contributed by atoms with van der Waals surface area (Å²) in [6.45, 7) is 3.91. The Morgan fingerprint density at radius 1 is 1.42 bits per heavy atom. The van der Waals surface area contributed by atoms with E-state index in [9.17, 15) is 5.11 Å². The molecule has 0 heterocycles. The molecule has 2 N–H and O–H groups in total. The van der Waals surface area contributed by atoms with Crippen LogP contribution in [0.1, 0.15) is 33.1 Å². The molecule has 0 spiro atoms. The van der Waals surface area contributed by atoms with Gasteiger partial charge in [0.15, 0.2) is 0 Å².